The highest BCUT2D eigenvalue weighted by Gasteiger charge is 2.17. The van der Waals surface area contributed by atoms with Gasteiger partial charge >= 0.3 is 0 Å². The van der Waals surface area contributed by atoms with Gasteiger partial charge in [-0.25, -0.2) is 0 Å². The highest BCUT2D eigenvalue weighted by Crippen LogP contribution is 2.18. The van der Waals surface area contributed by atoms with Crippen LogP contribution in [0.4, 0.5) is 0 Å². The van der Waals surface area contributed by atoms with Gasteiger partial charge in [0, 0.05) is 6.04 Å². The van der Waals surface area contributed by atoms with Gasteiger partial charge in [-0.05, 0) is 57.7 Å². The van der Waals surface area contributed by atoms with Crippen molar-refractivity contribution in [2.45, 2.75) is 44.6 Å². The van der Waals surface area contributed by atoms with Crippen LogP contribution < -0.4 is 10.6 Å². The maximum Gasteiger partial charge on any atom is 0.00670 e. The van der Waals surface area contributed by atoms with E-state index in [1.54, 1.807) is 0 Å². The fourth-order valence-corrected chi connectivity index (χ4v) is 2.27. The lowest BCUT2D eigenvalue weighted by atomic mass is 9.93. The molecule has 0 amide bonds. The first-order valence-corrected chi connectivity index (χ1v) is 5.89. The van der Waals surface area contributed by atoms with Gasteiger partial charge in [0.05, 0.1) is 0 Å². The van der Waals surface area contributed by atoms with Crippen LogP contribution in [0.15, 0.2) is 0 Å². The van der Waals surface area contributed by atoms with E-state index < -0.39 is 0 Å². The van der Waals surface area contributed by atoms with Crippen molar-refractivity contribution in [3.8, 4) is 0 Å². The molecule has 2 heteroatoms. The molecule has 1 saturated heterocycles. The summed E-state index contributed by atoms with van der Waals surface area (Å²) in [6.45, 7) is 3.77. The third-order valence-electron chi connectivity index (χ3n) is 3.49. The van der Waals surface area contributed by atoms with E-state index in [9.17, 15) is 0 Å². The lowest BCUT2D eigenvalue weighted by Gasteiger charge is -2.26. The average molecular weight is 182 g/mol. The summed E-state index contributed by atoms with van der Waals surface area (Å²) in [5, 5.41) is 7.05. The van der Waals surface area contributed by atoms with E-state index in [4.69, 9.17) is 0 Å². The van der Waals surface area contributed by atoms with Crippen LogP contribution in [0.1, 0.15) is 38.5 Å². The first kappa shape index (κ1) is 9.47. The third kappa shape index (κ3) is 2.96. The van der Waals surface area contributed by atoms with Gasteiger partial charge in [0.1, 0.15) is 0 Å². The largest absolute Gasteiger partial charge is 0.316 e. The molecule has 2 nitrogen and oxygen atoms in total. The van der Waals surface area contributed by atoms with Gasteiger partial charge in [0.2, 0.25) is 0 Å². The van der Waals surface area contributed by atoms with Crippen LogP contribution in [-0.2, 0) is 0 Å². The fraction of sp³-hybridized carbons (Fsp3) is 1.00. The minimum atomic E-state index is 0.877. The summed E-state index contributed by atoms with van der Waals surface area (Å²) in [5.41, 5.74) is 0. The normalized spacial score (nSPS) is 29.1. The van der Waals surface area contributed by atoms with Crippen LogP contribution >= 0.6 is 0 Å². The maximum absolute atomic E-state index is 3.62. The van der Waals surface area contributed by atoms with Crippen LogP contribution in [0.25, 0.3) is 0 Å². The Kier molecular flexibility index (Phi) is 3.62. The van der Waals surface area contributed by atoms with Crippen LogP contribution in [0.3, 0.4) is 0 Å². The molecule has 1 aliphatic heterocycles. The van der Waals surface area contributed by atoms with Crippen LogP contribution in [0, 0.1) is 5.92 Å². The predicted octanol–water partition coefficient (Wildman–Crippen LogP) is 1.52. The van der Waals surface area contributed by atoms with Gasteiger partial charge in [-0.2, -0.15) is 0 Å². The van der Waals surface area contributed by atoms with E-state index in [1.807, 2.05) is 0 Å². The molecule has 0 spiro atoms. The minimum Gasteiger partial charge on any atom is -0.316 e. The van der Waals surface area contributed by atoms with E-state index in [1.165, 1.54) is 58.2 Å². The van der Waals surface area contributed by atoms with Crippen LogP contribution in [0.5, 0.6) is 0 Å². The van der Waals surface area contributed by atoms with Crippen molar-refractivity contribution in [2.75, 3.05) is 19.6 Å². The summed E-state index contributed by atoms with van der Waals surface area (Å²) in [6, 6.07) is 0.877. The van der Waals surface area contributed by atoms with Crippen molar-refractivity contribution >= 4 is 0 Å². The molecule has 1 heterocycles. The van der Waals surface area contributed by atoms with Gasteiger partial charge in [-0.3, -0.25) is 0 Å². The minimum absolute atomic E-state index is 0.877. The second-order valence-electron chi connectivity index (χ2n) is 4.58. The maximum atomic E-state index is 3.62. The summed E-state index contributed by atoms with van der Waals surface area (Å²) in [5.74, 6) is 0.975. The summed E-state index contributed by atoms with van der Waals surface area (Å²) in [7, 11) is 0. The van der Waals surface area contributed by atoms with E-state index in [2.05, 4.69) is 10.6 Å². The van der Waals surface area contributed by atoms with Crippen molar-refractivity contribution in [1.29, 1.82) is 0 Å². The van der Waals surface area contributed by atoms with Crippen molar-refractivity contribution in [1.82, 2.24) is 10.6 Å². The van der Waals surface area contributed by atoms with Gasteiger partial charge in [0.25, 0.3) is 0 Å². The summed E-state index contributed by atoms with van der Waals surface area (Å²) in [4.78, 5) is 0. The SMILES string of the molecule is C(CNC1CCC1)CC1CCNC1. The molecule has 0 aromatic rings. The standard InChI is InChI=1S/C11H22N2/c1-4-11(5-1)13-7-2-3-10-6-8-12-9-10/h10-13H,1-9H2. The number of hydrogen-bond donors (Lipinski definition) is 2. The zero-order chi connectivity index (χ0) is 8.93. The highest BCUT2D eigenvalue weighted by atomic mass is 14.9. The third-order valence-corrected chi connectivity index (χ3v) is 3.49. The van der Waals surface area contributed by atoms with Crippen molar-refractivity contribution in [3.05, 3.63) is 0 Å². The molecule has 0 bridgehead atoms. The van der Waals surface area contributed by atoms with Gasteiger partial charge in [-0.1, -0.05) is 6.42 Å². The van der Waals surface area contributed by atoms with E-state index in [-0.39, 0.29) is 0 Å². The molecule has 1 aliphatic carbocycles. The monoisotopic (exact) mass is 182 g/mol. The van der Waals surface area contributed by atoms with E-state index in [0.717, 1.165) is 12.0 Å². The molecular weight excluding hydrogens is 160 g/mol. The predicted molar refractivity (Wildman–Crippen MR) is 55.9 cm³/mol. The Morgan fingerprint density at radius 1 is 1.23 bits per heavy atom. The van der Waals surface area contributed by atoms with Crippen molar-refractivity contribution in [3.63, 3.8) is 0 Å². The van der Waals surface area contributed by atoms with Crippen molar-refractivity contribution < 1.29 is 0 Å². The topological polar surface area (TPSA) is 24.1 Å². The Balaban J connectivity index is 1.43. The van der Waals surface area contributed by atoms with Crippen LogP contribution in [0.2, 0.25) is 0 Å². The van der Waals surface area contributed by atoms with E-state index in [0.29, 0.717) is 0 Å². The molecule has 76 valence electrons. The number of nitrogens with one attached hydrogen (secondary N) is 2. The smallest absolute Gasteiger partial charge is 0.00670 e. The molecular formula is C11H22N2. The van der Waals surface area contributed by atoms with Gasteiger partial charge in [0.15, 0.2) is 0 Å². The number of hydrogen-bond acceptors (Lipinski definition) is 2. The Morgan fingerprint density at radius 3 is 2.77 bits per heavy atom. The molecule has 13 heavy (non-hydrogen) atoms. The molecule has 1 unspecified atom stereocenters. The quantitative estimate of drug-likeness (QED) is 0.630. The van der Waals surface area contributed by atoms with E-state index >= 15 is 0 Å². The molecule has 2 aliphatic rings. The second kappa shape index (κ2) is 4.97. The zero-order valence-electron chi connectivity index (χ0n) is 8.52. The molecule has 1 atom stereocenters. The first-order chi connectivity index (χ1) is 6.45. The highest BCUT2D eigenvalue weighted by molar-refractivity contribution is 4.76. The molecule has 2 N–H and O–H groups in total. The van der Waals surface area contributed by atoms with Gasteiger partial charge < -0.3 is 10.6 Å². The Bertz CT molecular complexity index is 137. The Labute approximate surface area is 81.5 Å². The van der Waals surface area contributed by atoms with Crippen molar-refractivity contribution in [2.24, 2.45) is 5.92 Å². The molecule has 0 aromatic carbocycles. The average Bonchev–Trinajstić information content (AvgIpc) is 2.53. The number of rotatable bonds is 5. The summed E-state index contributed by atoms with van der Waals surface area (Å²) in [6.07, 6.45) is 8.50. The molecule has 0 radical (unpaired) electrons. The Morgan fingerprint density at radius 2 is 2.15 bits per heavy atom. The molecule has 1 saturated carbocycles. The molecule has 2 rings (SSSR count). The molecule has 0 aromatic heterocycles. The van der Waals surface area contributed by atoms with Crippen LogP contribution in [-0.4, -0.2) is 25.7 Å². The fourth-order valence-electron chi connectivity index (χ4n) is 2.27. The first-order valence-electron chi connectivity index (χ1n) is 5.89. The summed E-state index contributed by atoms with van der Waals surface area (Å²) < 4.78 is 0. The second-order valence-corrected chi connectivity index (χ2v) is 4.58. The lowest BCUT2D eigenvalue weighted by Crippen LogP contribution is -2.35. The Hall–Kier alpha value is -0.0800. The lowest BCUT2D eigenvalue weighted by molar-refractivity contribution is 0.333. The molecule has 2 fully saturated rings. The zero-order valence-corrected chi connectivity index (χ0v) is 8.52. The summed E-state index contributed by atoms with van der Waals surface area (Å²) >= 11 is 0. The van der Waals surface area contributed by atoms with Gasteiger partial charge in [-0.15, -0.1) is 0 Å².